The van der Waals surface area contributed by atoms with Crippen LogP contribution < -0.4 is 0 Å². The van der Waals surface area contributed by atoms with Gasteiger partial charge in [0.2, 0.25) is 5.91 Å². The minimum atomic E-state index is -0.624. The highest BCUT2D eigenvalue weighted by Crippen LogP contribution is 2.45. The second kappa shape index (κ2) is 8.44. The minimum Gasteiger partial charge on any atom is -0.396 e. The molecule has 3 aliphatic rings. The van der Waals surface area contributed by atoms with Crippen LogP contribution >= 0.6 is 0 Å². The topological polar surface area (TPSA) is 70.1 Å². The number of carbonyl (C=O) groups is 2. The van der Waals surface area contributed by atoms with Crippen molar-refractivity contribution >= 4 is 11.8 Å². The smallest absolute Gasteiger partial charge is 0.252 e. The number of rotatable bonds is 5. The van der Waals surface area contributed by atoms with Crippen LogP contribution in [0.5, 0.6) is 0 Å². The first-order valence-electron chi connectivity index (χ1n) is 10.9. The van der Waals surface area contributed by atoms with Gasteiger partial charge >= 0.3 is 0 Å². The summed E-state index contributed by atoms with van der Waals surface area (Å²) in [6, 6.07) is 9.96. The van der Waals surface area contributed by atoms with Gasteiger partial charge in [-0.2, -0.15) is 0 Å². The number of ether oxygens (including phenoxy) is 1. The van der Waals surface area contributed by atoms with Crippen LogP contribution in [0, 0.1) is 11.8 Å². The second-order valence-corrected chi connectivity index (χ2v) is 8.77. The molecule has 0 aromatic heterocycles. The molecule has 29 heavy (non-hydrogen) atoms. The lowest BCUT2D eigenvalue weighted by atomic mass is 9.76. The summed E-state index contributed by atoms with van der Waals surface area (Å²) < 4.78 is 5.55. The average molecular weight is 401 g/mol. The number of amides is 2. The van der Waals surface area contributed by atoms with E-state index in [1.807, 2.05) is 40.1 Å². The number of aliphatic hydroxyl groups excluding tert-OH is 1. The van der Waals surface area contributed by atoms with Gasteiger partial charge in [-0.3, -0.25) is 9.59 Å². The maximum Gasteiger partial charge on any atom is 0.252 e. The van der Waals surface area contributed by atoms with E-state index in [-0.39, 0.29) is 30.3 Å². The Hall–Kier alpha value is -1.92. The summed E-state index contributed by atoms with van der Waals surface area (Å²) in [5, 5.41) is 10.2. The van der Waals surface area contributed by atoms with Crippen molar-refractivity contribution in [3.8, 4) is 0 Å². The number of benzene rings is 1. The van der Waals surface area contributed by atoms with Crippen molar-refractivity contribution in [2.75, 3.05) is 26.8 Å². The Morgan fingerprint density at radius 2 is 1.83 bits per heavy atom. The molecule has 2 amide bonds. The quantitative estimate of drug-likeness (QED) is 0.823. The van der Waals surface area contributed by atoms with Crippen molar-refractivity contribution in [2.45, 2.75) is 56.7 Å². The molecule has 1 spiro atoms. The van der Waals surface area contributed by atoms with Crippen LogP contribution in [0.4, 0.5) is 0 Å². The average Bonchev–Trinajstić information content (AvgIpc) is 3.36. The third-order valence-corrected chi connectivity index (χ3v) is 7.38. The Kier molecular flexibility index (Phi) is 5.93. The Labute approximate surface area is 172 Å². The molecule has 3 fully saturated rings. The molecule has 4 rings (SSSR count). The van der Waals surface area contributed by atoms with Crippen LogP contribution in [0.2, 0.25) is 0 Å². The lowest BCUT2D eigenvalue weighted by Crippen LogP contribution is -2.57. The van der Waals surface area contributed by atoms with Gasteiger partial charge in [-0.1, -0.05) is 43.2 Å². The van der Waals surface area contributed by atoms with Gasteiger partial charge < -0.3 is 19.6 Å². The molecule has 6 heteroatoms. The summed E-state index contributed by atoms with van der Waals surface area (Å²) in [5.74, 6) is 0.133. The predicted octanol–water partition coefficient (Wildman–Crippen LogP) is 2.20. The summed E-state index contributed by atoms with van der Waals surface area (Å²) in [4.78, 5) is 30.0. The minimum absolute atomic E-state index is 0.0500. The molecule has 1 aliphatic carbocycles. The largest absolute Gasteiger partial charge is 0.396 e. The molecule has 0 radical (unpaired) electrons. The normalized spacial score (nSPS) is 27.2. The highest BCUT2D eigenvalue weighted by atomic mass is 16.5. The van der Waals surface area contributed by atoms with E-state index in [4.69, 9.17) is 4.74 Å². The van der Waals surface area contributed by atoms with Crippen LogP contribution in [-0.4, -0.2) is 65.2 Å². The van der Waals surface area contributed by atoms with E-state index < -0.39 is 11.6 Å². The Morgan fingerprint density at radius 3 is 2.41 bits per heavy atom. The van der Waals surface area contributed by atoms with Crippen LogP contribution in [-0.2, 0) is 20.9 Å². The van der Waals surface area contributed by atoms with Gasteiger partial charge in [0.1, 0.15) is 6.10 Å². The molecule has 6 nitrogen and oxygen atoms in total. The molecule has 0 bridgehead atoms. The molecule has 2 saturated heterocycles. The number of piperidine rings is 1. The Bertz CT molecular complexity index is 724. The zero-order valence-electron chi connectivity index (χ0n) is 17.3. The first-order valence-corrected chi connectivity index (χ1v) is 10.9. The third-order valence-electron chi connectivity index (χ3n) is 7.38. The molecule has 1 N–H and O–H groups in total. The van der Waals surface area contributed by atoms with E-state index >= 15 is 0 Å². The molecular formula is C23H32N2O4. The van der Waals surface area contributed by atoms with Crippen molar-refractivity contribution in [3.05, 3.63) is 35.9 Å². The number of likely N-dealkylation sites (tertiary alicyclic amines) is 2. The molecule has 1 saturated carbocycles. The van der Waals surface area contributed by atoms with E-state index in [1.54, 1.807) is 7.11 Å². The van der Waals surface area contributed by atoms with Crippen LogP contribution in [0.25, 0.3) is 0 Å². The standard InChI is InChI=1S/C23H32N2O4/c1-29-20-19(16-26)23(25(22(20)28)15-17-7-3-2-4-8-17)11-13-24(14-12-23)21(27)18-9-5-6-10-18/h2-4,7-8,18-20,26H,5-6,9-16H2,1H3/t19-,20-/m1/s1. The molecule has 2 atom stereocenters. The number of carbonyl (C=O) groups excluding carboxylic acids is 2. The summed E-state index contributed by atoms with van der Waals surface area (Å²) in [7, 11) is 1.55. The number of hydrogen-bond acceptors (Lipinski definition) is 4. The predicted molar refractivity (Wildman–Crippen MR) is 109 cm³/mol. The second-order valence-electron chi connectivity index (χ2n) is 8.77. The molecule has 0 unspecified atom stereocenters. The van der Waals surface area contributed by atoms with Gasteiger partial charge in [0.05, 0.1) is 12.1 Å². The summed E-state index contributed by atoms with van der Waals surface area (Å²) in [5.41, 5.74) is 0.604. The zero-order chi connectivity index (χ0) is 20.4. The van der Waals surface area contributed by atoms with E-state index in [0.717, 1.165) is 31.2 Å². The fraction of sp³-hybridized carbons (Fsp3) is 0.652. The first kappa shape index (κ1) is 20.4. The van der Waals surface area contributed by atoms with Gasteiger partial charge in [0.25, 0.3) is 5.91 Å². The van der Waals surface area contributed by atoms with E-state index in [0.29, 0.717) is 32.5 Å². The van der Waals surface area contributed by atoms with Crippen molar-refractivity contribution < 1.29 is 19.4 Å². The Balaban J connectivity index is 1.56. The third kappa shape index (κ3) is 3.57. The van der Waals surface area contributed by atoms with E-state index in [1.165, 1.54) is 0 Å². The van der Waals surface area contributed by atoms with Gasteiger partial charge in [-0.05, 0) is 31.2 Å². The lowest BCUT2D eigenvalue weighted by Gasteiger charge is -2.48. The highest BCUT2D eigenvalue weighted by Gasteiger charge is 2.59. The van der Waals surface area contributed by atoms with Gasteiger partial charge in [-0.25, -0.2) is 0 Å². The number of methoxy groups -OCH3 is 1. The van der Waals surface area contributed by atoms with Crippen LogP contribution in [0.1, 0.15) is 44.1 Å². The fourth-order valence-electron chi connectivity index (χ4n) is 5.75. The summed E-state index contributed by atoms with van der Waals surface area (Å²) in [6.45, 7) is 1.69. The molecular weight excluding hydrogens is 368 g/mol. The maximum atomic E-state index is 13.2. The summed E-state index contributed by atoms with van der Waals surface area (Å²) in [6.07, 6.45) is 5.06. The van der Waals surface area contributed by atoms with E-state index in [9.17, 15) is 14.7 Å². The molecule has 2 heterocycles. The van der Waals surface area contributed by atoms with Crippen LogP contribution in [0.3, 0.4) is 0 Å². The van der Waals surface area contributed by atoms with Gasteiger partial charge in [0.15, 0.2) is 0 Å². The number of hydrogen-bond donors (Lipinski definition) is 1. The van der Waals surface area contributed by atoms with Crippen molar-refractivity contribution in [3.63, 3.8) is 0 Å². The van der Waals surface area contributed by atoms with Crippen molar-refractivity contribution in [2.24, 2.45) is 11.8 Å². The lowest BCUT2D eigenvalue weighted by molar-refractivity contribution is -0.142. The monoisotopic (exact) mass is 400 g/mol. The fourth-order valence-corrected chi connectivity index (χ4v) is 5.75. The van der Waals surface area contributed by atoms with Gasteiger partial charge in [0, 0.05) is 38.6 Å². The number of aliphatic hydroxyl groups is 1. The Morgan fingerprint density at radius 1 is 1.17 bits per heavy atom. The molecule has 2 aliphatic heterocycles. The van der Waals surface area contributed by atoms with Crippen LogP contribution in [0.15, 0.2) is 30.3 Å². The summed E-state index contributed by atoms with van der Waals surface area (Å²) >= 11 is 0. The zero-order valence-corrected chi connectivity index (χ0v) is 17.3. The SMILES string of the molecule is CO[C@H]1C(=O)N(Cc2ccccc2)C2(CCN(C(=O)C3CCCC3)CC2)[C@@H]1CO. The van der Waals surface area contributed by atoms with Gasteiger partial charge in [-0.15, -0.1) is 0 Å². The first-order chi connectivity index (χ1) is 14.1. The van der Waals surface area contributed by atoms with E-state index in [2.05, 4.69) is 0 Å². The highest BCUT2D eigenvalue weighted by molar-refractivity contribution is 5.85. The van der Waals surface area contributed by atoms with Crippen molar-refractivity contribution in [1.82, 2.24) is 9.80 Å². The maximum absolute atomic E-state index is 13.2. The molecule has 1 aromatic rings. The molecule has 1 aromatic carbocycles. The van der Waals surface area contributed by atoms with Crippen molar-refractivity contribution in [1.29, 1.82) is 0 Å². The number of nitrogens with zero attached hydrogens (tertiary/aromatic N) is 2. The molecule has 158 valence electrons.